The minimum Gasteiger partial charge on any atom is -0.509 e. The van der Waals surface area contributed by atoms with E-state index < -0.39 is 0 Å². The SMILES string of the molecule is COc1nn(-c2[c-]c(Oc3[c-]c4c(cc3)c3ccccc3n4-c3cc(C)ccn3)ccc2)c(OC)c1-c1c(C)cc(C)c(C)c1C.[Pd+2]. The van der Waals surface area contributed by atoms with Crippen LogP contribution in [0.5, 0.6) is 23.3 Å². The van der Waals surface area contributed by atoms with Gasteiger partial charge in [-0.2, -0.15) is 12.1 Å². The smallest absolute Gasteiger partial charge is 0.509 e. The van der Waals surface area contributed by atoms with Gasteiger partial charge in [0.25, 0.3) is 0 Å². The van der Waals surface area contributed by atoms with Crippen LogP contribution in [0, 0.1) is 46.8 Å². The first-order valence-corrected chi connectivity index (χ1v) is 15.2. The standard InChI is InChI=1S/C39H34N4O3.Pd/c1-23-17-18-40-35(19-23)42-33-14-9-8-13-31(33)32-16-15-30(22-34(32)42)46-29-12-10-11-28(21-29)43-39(45-7)37(38(41-43)44-6)36-25(3)20-24(2)26(4)27(36)5;/h8-20H,1-7H3;/q-2;+2. The number of rotatable bonds is 7. The molecule has 0 N–H and O–H groups in total. The summed E-state index contributed by atoms with van der Waals surface area (Å²) >= 11 is 0. The Kier molecular flexibility index (Phi) is 8.67. The summed E-state index contributed by atoms with van der Waals surface area (Å²) < 4.78 is 22.0. The molecular weight excluding hydrogens is 679 g/mol. The van der Waals surface area contributed by atoms with E-state index in [0.717, 1.165) is 49.9 Å². The molecule has 238 valence electrons. The molecule has 8 heteroatoms. The Bertz CT molecular complexity index is 2290. The third-order valence-corrected chi connectivity index (χ3v) is 8.69. The number of nitrogens with zero attached hydrogens (tertiary/aromatic N) is 4. The second-order valence-corrected chi connectivity index (χ2v) is 11.6. The van der Waals surface area contributed by atoms with E-state index in [1.165, 1.54) is 16.7 Å². The summed E-state index contributed by atoms with van der Waals surface area (Å²) in [5.41, 5.74) is 10.3. The van der Waals surface area contributed by atoms with Gasteiger partial charge in [0.05, 0.1) is 14.2 Å². The molecule has 0 atom stereocenters. The van der Waals surface area contributed by atoms with Crippen LogP contribution in [0.2, 0.25) is 0 Å². The van der Waals surface area contributed by atoms with Gasteiger partial charge in [-0.25, -0.2) is 9.67 Å². The number of para-hydroxylation sites is 1. The maximum atomic E-state index is 6.39. The summed E-state index contributed by atoms with van der Waals surface area (Å²) in [5, 5.41) is 7.01. The Hall–Kier alpha value is -4.90. The average molecular weight is 713 g/mol. The molecule has 3 aromatic heterocycles. The summed E-state index contributed by atoms with van der Waals surface area (Å²) in [5.74, 6) is 2.94. The fraction of sp³-hybridized carbons (Fsp3) is 0.179. The molecular formula is C39H34N4O3Pd. The van der Waals surface area contributed by atoms with E-state index in [-0.39, 0.29) is 20.4 Å². The molecule has 0 saturated heterocycles. The van der Waals surface area contributed by atoms with Crippen molar-refractivity contribution in [2.75, 3.05) is 14.2 Å². The molecule has 0 aliphatic rings. The largest absolute Gasteiger partial charge is 2.00 e. The number of hydrogen-bond acceptors (Lipinski definition) is 5. The number of pyridine rings is 1. The maximum absolute atomic E-state index is 6.39. The predicted octanol–water partition coefficient (Wildman–Crippen LogP) is 8.98. The minimum absolute atomic E-state index is 0. The fourth-order valence-electron chi connectivity index (χ4n) is 6.31. The third-order valence-electron chi connectivity index (χ3n) is 8.69. The van der Waals surface area contributed by atoms with E-state index in [9.17, 15) is 0 Å². The van der Waals surface area contributed by atoms with Crippen molar-refractivity contribution < 1.29 is 34.6 Å². The molecule has 4 aromatic carbocycles. The molecule has 0 spiro atoms. The van der Waals surface area contributed by atoms with E-state index >= 15 is 0 Å². The van der Waals surface area contributed by atoms with Gasteiger partial charge < -0.3 is 18.8 Å². The molecule has 7 nitrogen and oxygen atoms in total. The minimum atomic E-state index is 0. The number of aryl methyl sites for hydroxylation is 3. The van der Waals surface area contributed by atoms with Crippen molar-refractivity contribution in [2.24, 2.45) is 0 Å². The van der Waals surface area contributed by atoms with E-state index in [4.69, 9.17) is 19.3 Å². The van der Waals surface area contributed by atoms with Crippen molar-refractivity contribution in [1.82, 2.24) is 19.3 Å². The molecule has 3 heterocycles. The van der Waals surface area contributed by atoms with Crippen LogP contribution in [0.25, 0.3) is 44.4 Å². The predicted molar refractivity (Wildman–Crippen MR) is 182 cm³/mol. The van der Waals surface area contributed by atoms with Gasteiger partial charge >= 0.3 is 20.4 Å². The normalized spacial score (nSPS) is 11.1. The molecule has 0 fully saturated rings. The second-order valence-electron chi connectivity index (χ2n) is 11.6. The first-order chi connectivity index (χ1) is 22.3. The number of methoxy groups -OCH3 is 2. The molecule has 0 unspecified atom stereocenters. The van der Waals surface area contributed by atoms with Crippen LogP contribution in [0.3, 0.4) is 0 Å². The van der Waals surface area contributed by atoms with Crippen molar-refractivity contribution in [3.63, 3.8) is 0 Å². The van der Waals surface area contributed by atoms with Crippen molar-refractivity contribution in [3.05, 3.63) is 119 Å². The molecule has 47 heavy (non-hydrogen) atoms. The van der Waals surface area contributed by atoms with Crippen LogP contribution >= 0.6 is 0 Å². The van der Waals surface area contributed by atoms with Gasteiger partial charge in [0.2, 0.25) is 11.8 Å². The van der Waals surface area contributed by atoms with Crippen LogP contribution in [-0.4, -0.2) is 33.6 Å². The summed E-state index contributed by atoms with van der Waals surface area (Å²) in [4.78, 5) is 4.68. The quantitative estimate of drug-likeness (QED) is 0.122. The Morgan fingerprint density at radius 1 is 0.702 bits per heavy atom. The number of benzene rings is 4. The van der Waals surface area contributed by atoms with Gasteiger partial charge in [-0.3, -0.25) is 0 Å². The van der Waals surface area contributed by atoms with Crippen molar-refractivity contribution >= 4 is 21.8 Å². The first kappa shape index (κ1) is 32.1. The third kappa shape index (κ3) is 5.48. The van der Waals surface area contributed by atoms with Gasteiger partial charge in [-0.1, -0.05) is 29.8 Å². The summed E-state index contributed by atoms with van der Waals surface area (Å²) in [6.45, 7) is 10.6. The monoisotopic (exact) mass is 712 g/mol. The molecule has 0 amide bonds. The molecule has 0 aliphatic carbocycles. The molecule has 0 saturated carbocycles. The Balaban J connectivity index is 0.00000386. The van der Waals surface area contributed by atoms with E-state index in [1.54, 1.807) is 18.9 Å². The van der Waals surface area contributed by atoms with Crippen LogP contribution in [0.15, 0.2) is 79.0 Å². The number of ether oxygens (including phenoxy) is 3. The average Bonchev–Trinajstić information content (AvgIpc) is 3.59. The topological polar surface area (TPSA) is 63.3 Å². The molecule has 0 bridgehead atoms. The van der Waals surface area contributed by atoms with Gasteiger partial charge in [0.1, 0.15) is 11.4 Å². The van der Waals surface area contributed by atoms with Gasteiger partial charge in [0.15, 0.2) is 0 Å². The molecule has 7 aromatic rings. The Morgan fingerprint density at radius 2 is 1.49 bits per heavy atom. The van der Waals surface area contributed by atoms with Crippen LogP contribution in [0.4, 0.5) is 0 Å². The summed E-state index contributed by atoms with van der Waals surface area (Å²) in [7, 11) is 3.27. The number of aromatic nitrogens is 4. The van der Waals surface area contributed by atoms with E-state index in [1.807, 2.05) is 48.7 Å². The zero-order valence-electron chi connectivity index (χ0n) is 27.3. The van der Waals surface area contributed by atoms with Crippen LogP contribution < -0.4 is 14.2 Å². The van der Waals surface area contributed by atoms with E-state index in [2.05, 4.69) is 86.6 Å². The zero-order chi connectivity index (χ0) is 32.1. The molecule has 7 rings (SSSR count). The van der Waals surface area contributed by atoms with Crippen molar-refractivity contribution in [2.45, 2.75) is 34.6 Å². The zero-order valence-corrected chi connectivity index (χ0v) is 28.9. The summed E-state index contributed by atoms with van der Waals surface area (Å²) in [6.07, 6.45) is 1.83. The van der Waals surface area contributed by atoms with Gasteiger partial charge in [-0.05, 0) is 97.3 Å². The number of fused-ring (bicyclic) bond motifs is 3. The van der Waals surface area contributed by atoms with E-state index in [0.29, 0.717) is 28.9 Å². The van der Waals surface area contributed by atoms with Gasteiger partial charge in [0, 0.05) is 23.2 Å². The number of hydrogen-bond donors (Lipinski definition) is 0. The Morgan fingerprint density at radius 3 is 2.26 bits per heavy atom. The van der Waals surface area contributed by atoms with Crippen LogP contribution in [-0.2, 0) is 20.4 Å². The summed E-state index contributed by atoms with van der Waals surface area (Å²) in [6, 6.07) is 31.2. The fourth-order valence-corrected chi connectivity index (χ4v) is 6.31. The van der Waals surface area contributed by atoms with Gasteiger partial charge in [-0.15, -0.1) is 40.8 Å². The van der Waals surface area contributed by atoms with Crippen molar-refractivity contribution in [3.8, 4) is 45.9 Å². The second kappa shape index (κ2) is 12.7. The van der Waals surface area contributed by atoms with Crippen molar-refractivity contribution in [1.29, 1.82) is 0 Å². The van der Waals surface area contributed by atoms with Crippen LogP contribution in [0.1, 0.15) is 27.8 Å². The Labute approximate surface area is 288 Å². The molecule has 0 radical (unpaired) electrons. The maximum Gasteiger partial charge on any atom is 2.00 e. The molecule has 0 aliphatic heterocycles. The first-order valence-electron chi connectivity index (χ1n) is 15.2.